The molecule has 0 bridgehead atoms. The van der Waals surface area contributed by atoms with Crippen LogP contribution in [0, 0.1) is 5.92 Å². The monoisotopic (exact) mass is 331 g/mol. The number of hydrogen-bond acceptors (Lipinski definition) is 4. The maximum Gasteiger partial charge on any atom is 0.238 e. The summed E-state index contributed by atoms with van der Waals surface area (Å²) in [6.07, 6.45) is 1.47. The molecule has 0 aromatic heterocycles. The zero-order chi connectivity index (χ0) is 15.6. The molecule has 0 saturated carbocycles. The van der Waals surface area contributed by atoms with Crippen molar-refractivity contribution >= 4 is 33.2 Å². The van der Waals surface area contributed by atoms with Gasteiger partial charge in [-0.2, -0.15) is 0 Å². The van der Waals surface area contributed by atoms with E-state index in [1.54, 1.807) is 0 Å². The molecule has 21 heavy (non-hydrogen) atoms. The number of rotatable bonds is 3. The first kappa shape index (κ1) is 16.2. The molecular formula is C13H18ClN3O3S. The van der Waals surface area contributed by atoms with E-state index in [2.05, 4.69) is 10.6 Å². The SMILES string of the molecule is CC1CC(C(=O)Nc2cc(S(N)(=O)=O)ccc2Cl)CCN1. The minimum atomic E-state index is -3.83. The molecule has 2 rings (SSSR count). The zero-order valence-corrected chi connectivity index (χ0v) is 13.2. The van der Waals surface area contributed by atoms with Gasteiger partial charge in [-0.25, -0.2) is 13.6 Å². The van der Waals surface area contributed by atoms with Crippen molar-refractivity contribution in [2.45, 2.75) is 30.7 Å². The number of hydrogen-bond donors (Lipinski definition) is 3. The molecular weight excluding hydrogens is 314 g/mol. The maximum absolute atomic E-state index is 12.2. The summed E-state index contributed by atoms with van der Waals surface area (Å²) in [6, 6.07) is 4.27. The predicted molar refractivity (Wildman–Crippen MR) is 81.6 cm³/mol. The predicted octanol–water partition coefficient (Wildman–Crippen LogP) is 1.31. The van der Waals surface area contributed by atoms with Crippen LogP contribution in [0.3, 0.4) is 0 Å². The van der Waals surface area contributed by atoms with Gasteiger partial charge in [-0.05, 0) is 44.5 Å². The van der Waals surface area contributed by atoms with Gasteiger partial charge in [0.05, 0.1) is 15.6 Å². The lowest BCUT2D eigenvalue weighted by Crippen LogP contribution is -2.40. The minimum Gasteiger partial charge on any atom is -0.324 e. The van der Waals surface area contributed by atoms with E-state index in [0.717, 1.165) is 19.4 Å². The molecule has 1 aliphatic rings. The van der Waals surface area contributed by atoms with E-state index in [4.69, 9.17) is 16.7 Å². The van der Waals surface area contributed by atoms with Crippen LogP contribution < -0.4 is 15.8 Å². The highest BCUT2D eigenvalue weighted by Crippen LogP contribution is 2.26. The van der Waals surface area contributed by atoms with Crippen LogP contribution in [0.15, 0.2) is 23.1 Å². The van der Waals surface area contributed by atoms with Crippen molar-refractivity contribution in [2.75, 3.05) is 11.9 Å². The Morgan fingerprint density at radius 2 is 2.19 bits per heavy atom. The second-order valence-corrected chi connectivity index (χ2v) is 7.22. The van der Waals surface area contributed by atoms with E-state index in [1.165, 1.54) is 18.2 Å². The first-order valence-electron chi connectivity index (χ1n) is 6.64. The summed E-state index contributed by atoms with van der Waals surface area (Å²) in [5.41, 5.74) is 0.263. The number of anilines is 1. The number of halogens is 1. The third kappa shape index (κ3) is 4.16. The van der Waals surface area contributed by atoms with E-state index < -0.39 is 10.0 Å². The van der Waals surface area contributed by atoms with Gasteiger partial charge in [0.2, 0.25) is 15.9 Å². The molecule has 6 nitrogen and oxygen atoms in total. The molecule has 2 atom stereocenters. The number of carbonyl (C=O) groups excluding carboxylic acids is 1. The van der Waals surface area contributed by atoms with Gasteiger partial charge in [-0.15, -0.1) is 0 Å². The Labute approximate surface area is 129 Å². The molecule has 1 aromatic carbocycles. The first-order chi connectivity index (χ1) is 9.77. The number of primary sulfonamides is 1. The highest BCUT2D eigenvalue weighted by molar-refractivity contribution is 7.89. The van der Waals surface area contributed by atoms with E-state index >= 15 is 0 Å². The minimum absolute atomic E-state index is 0.0825. The molecule has 1 aliphatic heterocycles. The number of amides is 1. The van der Waals surface area contributed by atoms with Crippen molar-refractivity contribution in [2.24, 2.45) is 11.1 Å². The molecule has 0 spiro atoms. The Morgan fingerprint density at radius 3 is 2.81 bits per heavy atom. The molecule has 116 valence electrons. The van der Waals surface area contributed by atoms with Gasteiger partial charge in [0.25, 0.3) is 0 Å². The van der Waals surface area contributed by atoms with Gasteiger partial charge in [-0.3, -0.25) is 4.79 Å². The molecule has 1 saturated heterocycles. The molecule has 8 heteroatoms. The van der Waals surface area contributed by atoms with Crippen LogP contribution in [0.25, 0.3) is 0 Å². The summed E-state index contributed by atoms with van der Waals surface area (Å²) in [6.45, 7) is 2.80. The van der Waals surface area contributed by atoms with Crippen molar-refractivity contribution in [3.8, 4) is 0 Å². The van der Waals surface area contributed by atoms with Crippen molar-refractivity contribution in [3.63, 3.8) is 0 Å². The Kier molecular flexibility index (Phi) is 4.88. The van der Waals surface area contributed by atoms with E-state index in [1.807, 2.05) is 6.92 Å². The van der Waals surface area contributed by atoms with Crippen LogP contribution in [0.1, 0.15) is 19.8 Å². The lowest BCUT2D eigenvalue weighted by molar-refractivity contribution is -0.120. The van der Waals surface area contributed by atoms with Crippen LogP contribution in [-0.2, 0) is 14.8 Å². The standard InChI is InChI=1S/C13H18ClN3O3S/c1-8-6-9(4-5-16-8)13(18)17-12-7-10(21(15,19)20)2-3-11(12)14/h2-3,7-9,16H,4-6H2,1H3,(H,17,18)(H2,15,19,20). The smallest absolute Gasteiger partial charge is 0.238 e. The molecule has 2 unspecified atom stereocenters. The van der Waals surface area contributed by atoms with Gasteiger partial charge in [0.15, 0.2) is 0 Å². The second kappa shape index (κ2) is 6.31. The van der Waals surface area contributed by atoms with Gasteiger partial charge in [0.1, 0.15) is 0 Å². The molecule has 0 aliphatic carbocycles. The third-order valence-corrected chi connectivity index (χ3v) is 4.76. The Bertz CT molecular complexity index is 648. The van der Waals surface area contributed by atoms with Crippen LogP contribution in [0.5, 0.6) is 0 Å². The van der Waals surface area contributed by atoms with Crippen molar-refractivity contribution in [1.29, 1.82) is 0 Å². The van der Waals surface area contributed by atoms with Gasteiger partial charge >= 0.3 is 0 Å². The summed E-state index contributed by atoms with van der Waals surface area (Å²) >= 11 is 6.00. The lowest BCUT2D eigenvalue weighted by atomic mass is 9.92. The largest absolute Gasteiger partial charge is 0.324 e. The van der Waals surface area contributed by atoms with E-state index in [0.29, 0.717) is 0 Å². The molecule has 4 N–H and O–H groups in total. The number of nitrogens with one attached hydrogen (secondary N) is 2. The summed E-state index contributed by atoms with van der Waals surface area (Å²) in [7, 11) is -3.83. The van der Waals surface area contributed by atoms with Crippen molar-refractivity contribution in [1.82, 2.24) is 5.32 Å². The average Bonchev–Trinajstić information content (AvgIpc) is 2.40. The second-order valence-electron chi connectivity index (χ2n) is 5.25. The molecule has 1 fully saturated rings. The lowest BCUT2D eigenvalue weighted by Gasteiger charge is -2.27. The Balaban J connectivity index is 2.17. The third-order valence-electron chi connectivity index (χ3n) is 3.52. The zero-order valence-electron chi connectivity index (χ0n) is 11.6. The Hall–Kier alpha value is -1.15. The molecule has 1 amide bonds. The number of carbonyl (C=O) groups is 1. The fourth-order valence-corrected chi connectivity index (χ4v) is 3.09. The van der Waals surface area contributed by atoms with Gasteiger partial charge in [-0.1, -0.05) is 11.6 Å². The fraction of sp³-hybridized carbons (Fsp3) is 0.462. The van der Waals surface area contributed by atoms with Crippen LogP contribution in [0.2, 0.25) is 5.02 Å². The van der Waals surface area contributed by atoms with Crippen molar-refractivity contribution < 1.29 is 13.2 Å². The summed E-state index contributed by atoms with van der Waals surface area (Å²) in [4.78, 5) is 12.2. The van der Waals surface area contributed by atoms with Gasteiger partial charge in [0, 0.05) is 12.0 Å². The van der Waals surface area contributed by atoms with Crippen LogP contribution in [-0.4, -0.2) is 26.9 Å². The summed E-state index contributed by atoms with van der Waals surface area (Å²) in [5, 5.41) is 11.3. The van der Waals surface area contributed by atoms with Crippen LogP contribution in [0.4, 0.5) is 5.69 Å². The summed E-state index contributed by atoms with van der Waals surface area (Å²) < 4.78 is 22.7. The van der Waals surface area contributed by atoms with Gasteiger partial charge < -0.3 is 10.6 Å². The van der Waals surface area contributed by atoms with Crippen molar-refractivity contribution in [3.05, 3.63) is 23.2 Å². The average molecular weight is 332 g/mol. The number of sulfonamides is 1. The highest BCUT2D eigenvalue weighted by atomic mass is 35.5. The first-order valence-corrected chi connectivity index (χ1v) is 8.56. The number of piperidine rings is 1. The van der Waals surface area contributed by atoms with Crippen LogP contribution >= 0.6 is 11.6 Å². The number of benzene rings is 1. The Morgan fingerprint density at radius 1 is 1.48 bits per heavy atom. The maximum atomic E-state index is 12.2. The molecule has 0 radical (unpaired) electrons. The summed E-state index contributed by atoms with van der Waals surface area (Å²) in [5.74, 6) is -0.271. The van der Waals surface area contributed by atoms with E-state index in [9.17, 15) is 13.2 Å². The fourth-order valence-electron chi connectivity index (χ4n) is 2.38. The van der Waals surface area contributed by atoms with E-state index in [-0.39, 0.29) is 33.5 Å². The highest BCUT2D eigenvalue weighted by Gasteiger charge is 2.25. The molecule has 1 heterocycles. The molecule has 1 aromatic rings. The quantitative estimate of drug-likeness (QED) is 0.777. The normalized spacial score (nSPS) is 22.8. The topological polar surface area (TPSA) is 101 Å². The number of nitrogens with two attached hydrogens (primary N) is 1.